The fraction of sp³-hybridized carbons (Fsp3) is 0.462. The Morgan fingerprint density at radius 1 is 1.41 bits per heavy atom. The highest BCUT2D eigenvalue weighted by Crippen LogP contribution is 2.34. The Labute approximate surface area is 101 Å². The van der Waals surface area contributed by atoms with Gasteiger partial charge in [-0.2, -0.15) is 0 Å². The maximum Gasteiger partial charge on any atom is 0.228 e. The molecule has 17 heavy (non-hydrogen) atoms. The smallest absolute Gasteiger partial charge is 0.228 e. The molecule has 0 bridgehead atoms. The minimum Gasteiger partial charge on any atom is -0.497 e. The summed E-state index contributed by atoms with van der Waals surface area (Å²) in [6.07, 6.45) is 1.49. The summed E-state index contributed by atoms with van der Waals surface area (Å²) >= 11 is 0. The van der Waals surface area contributed by atoms with Crippen molar-refractivity contribution in [2.24, 2.45) is 5.73 Å². The molecule has 0 aromatic heterocycles. The van der Waals surface area contributed by atoms with Gasteiger partial charge >= 0.3 is 0 Å². The van der Waals surface area contributed by atoms with Gasteiger partial charge in [0.15, 0.2) is 0 Å². The Hall–Kier alpha value is -1.55. The molecule has 0 saturated carbocycles. The highest BCUT2D eigenvalue weighted by atomic mass is 16.5. The molecule has 1 aromatic carbocycles. The number of piperidine rings is 1. The maximum absolute atomic E-state index is 11.8. The van der Waals surface area contributed by atoms with Crippen molar-refractivity contribution < 1.29 is 9.53 Å². The van der Waals surface area contributed by atoms with Crippen molar-refractivity contribution in [3.8, 4) is 5.75 Å². The molecule has 1 saturated heterocycles. The SMILES string of the molecule is COc1cccc(C2(C(N)=O)CCNCC2)c1. The Balaban J connectivity index is 2.41. The van der Waals surface area contributed by atoms with E-state index in [9.17, 15) is 4.79 Å². The molecule has 0 aliphatic carbocycles. The van der Waals surface area contributed by atoms with Gasteiger partial charge in [0.1, 0.15) is 5.75 Å². The average molecular weight is 234 g/mol. The lowest BCUT2D eigenvalue weighted by atomic mass is 9.72. The van der Waals surface area contributed by atoms with Crippen LogP contribution in [0.2, 0.25) is 0 Å². The number of benzene rings is 1. The number of primary amides is 1. The molecule has 2 rings (SSSR count). The van der Waals surface area contributed by atoms with Crippen LogP contribution in [-0.2, 0) is 10.2 Å². The van der Waals surface area contributed by atoms with Gasteiger partial charge in [0.25, 0.3) is 0 Å². The highest BCUT2D eigenvalue weighted by Gasteiger charge is 2.39. The van der Waals surface area contributed by atoms with Crippen molar-refractivity contribution in [2.75, 3.05) is 20.2 Å². The van der Waals surface area contributed by atoms with E-state index in [4.69, 9.17) is 10.5 Å². The van der Waals surface area contributed by atoms with E-state index in [2.05, 4.69) is 5.32 Å². The van der Waals surface area contributed by atoms with E-state index < -0.39 is 5.41 Å². The number of rotatable bonds is 3. The van der Waals surface area contributed by atoms with Crippen molar-refractivity contribution in [1.82, 2.24) is 5.32 Å². The molecule has 0 atom stereocenters. The van der Waals surface area contributed by atoms with Gasteiger partial charge in [-0.1, -0.05) is 12.1 Å². The topological polar surface area (TPSA) is 64.3 Å². The van der Waals surface area contributed by atoms with Gasteiger partial charge in [-0.05, 0) is 43.6 Å². The molecule has 1 aromatic rings. The van der Waals surface area contributed by atoms with Crippen molar-refractivity contribution in [2.45, 2.75) is 18.3 Å². The maximum atomic E-state index is 11.8. The molecule has 1 aliphatic heterocycles. The summed E-state index contributed by atoms with van der Waals surface area (Å²) in [5, 5.41) is 3.25. The lowest BCUT2D eigenvalue weighted by Crippen LogP contribution is -2.48. The van der Waals surface area contributed by atoms with E-state index in [0.717, 1.165) is 37.2 Å². The van der Waals surface area contributed by atoms with Crippen molar-refractivity contribution in [3.05, 3.63) is 29.8 Å². The number of hydrogen-bond acceptors (Lipinski definition) is 3. The first-order valence-electron chi connectivity index (χ1n) is 5.84. The average Bonchev–Trinajstić information content (AvgIpc) is 2.39. The van der Waals surface area contributed by atoms with Crippen LogP contribution >= 0.6 is 0 Å². The van der Waals surface area contributed by atoms with Gasteiger partial charge in [0.05, 0.1) is 12.5 Å². The van der Waals surface area contributed by atoms with E-state index >= 15 is 0 Å². The quantitative estimate of drug-likeness (QED) is 0.813. The van der Waals surface area contributed by atoms with Gasteiger partial charge in [0.2, 0.25) is 5.91 Å². The van der Waals surface area contributed by atoms with Gasteiger partial charge in [0, 0.05) is 0 Å². The zero-order valence-electron chi connectivity index (χ0n) is 10.0. The van der Waals surface area contributed by atoms with Crippen molar-refractivity contribution in [1.29, 1.82) is 0 Å². The first-order chi connectivity index (χ1) is 8.19. The lowest BCUT2D eigenvalue weighted by molar-refractivity contribution is -0.124. The van der Waals surface area contributed by atoms with E-state index in [1.807, 2.05) is 24.3 Å². The Morgan fingerprint density at radius 3 is 2.71 bits per heavy atom. The summed E-state index contributed by atoms with van der Waals surface area (Å²) in [6, 6.07) is 7.65. The van der Waals surface area contributed by atoms with Crippen LogP contribution in [-0.4, -0.2) is 26.1 Å². The van der Waals surface area contributed by atoms with Crippen LogP contribution in [0.1, 0.15) is 18.4 Å². The molecule has 0 spiro atoms. The van der Waals surface area contributed by atoms with Crippen LogP contribution in [0, 0.1) is 0 Å². The minimum absolute atomic E-state index is 0.243. The van der Waals surface area contributed by atoms with Crippen LogP contribution < -0.4 is 15.8 Å². The fourth-order valence-corrected chi connectivity index (χ4v) is 2.45. The molecular formula is C13H18N2O2. The predicted molar refractivity (Wildman–Crippen MR) is 66.0 cm³/mol. The van der Waals surface area contributed by atoms with Crippen LogP contribution in [0.3, 0.4) is 0 Å². The molecule has 4 heteroatoms. The predicted octanol–water partition coefficient (Wildman–Crippen LogP) is 0.802. The van der Waals surface area contributed by atoms with Gasteiger partial charge in [-0.15, -0.1) is 0 Å². The molecule has 1 aliphatic rings. The number of nitrogens with two attached hydrogens (primary N) is 1. The number of hydrogen-bond donors (Lipinski definition) is 2. The Kier molecular flexibility index (Phi) is 3.33. The summed E-state index contributed by atoms with van der Waals surface area (Å²) in [6.45, 7) is 1.64. The third kappa shape index (κ3) is 2.13. The second kappa shape index (κ2) is 4.75. The summed E-state index contributed by atoms with van der Waals surface area (Å²) < 4.78 is 5.20. The van der Waals surface area contributed by atoms with Gasteiger partial charge in [-0.25, -0.2) is 0 Å². The molecule has 0 radical (unpaired) electrons. The third-order valence-corrected chi connectivity index (χ3v) is 3.55. The first kappa shape index (κ1) is 11.9. The van der Waals surface area contributed by atoms with Crippen LogP contribution in [0.25, 0.3) is 0 Å². The van der Waals surface area contributed by atoms with Crippen LogP contribution in [0.5, 0.6) is 5.75 Å². The second-order valence-corrected chi connectivity index (χ2v) is 4.43. The second-order valence-electron chi connectivity index (χ2n) is 4.43. The number of nitrogens with one attached hydrogen (secondary N) is 1. The number of amides is 1. The monoisotopic (exact) mass is 234 g/mol. The van der Waals surface area contributed by atoms with E-state index in [0.29, 0.717) is 0 Å². The number of methoxy groups -OCH3 is 1. The largest absolute Gasteiger partial charge is 0.497 e. The fourth-order valence-electron chi connectivity index (χ4n) is 2.45. The number of carbonyl (C=O) groups excluding carboxylic acids is 1. The summed E-state index contributed by atoms with van der Waals surface area (Å²) in [4.78, 5) is 11.8. The van der Waals surface area contributed by atoms with Crippen molar-refractivity contribution in [3.63, 3.8) is 0 Å². The lowest BCUT2D eigenvalue weighted by Gasteiger charge is -2.35. The zero-order chi connectivity index (χ0) is 12.3. The van der Waals surface area contributed by atoms with Gasteiger partial charge in [-0.3, -0.25) is 4.79 Å². The molecule has 0 unspecified atom stereocenters. The third-order valence-electron chi connectivity index (χ3n) is 3.55. The molecule has 1 amide bonds. The number of ether oxygens (including phenoxy) is 1. The summed E-state index contributed by atoms with van der Waals surface area (Å²) in [7, 11) is 1.62. The molecule has 92 valence electrons. The molecule has 1 heterocycles. The zero-order valence-corrected chi connectivity index (χ0v) is 10.0. The van der Waals surface area contributed by atoms with Crippen LogP contribution in [0.4, 0.5) is 0 Å². The highest BCUT2D eigenvalue weighted by molar-refractivity contribution is 5.87. The molecule has 1 fully saturated rings. The molecule has 3 N–H and O–H groups in total. The molecule has 4 nitrogen and oxygen atoms in total. The first-order valence-corrected chi connectivity index (χ1v) is 5.84. The van der Waals surface area contributed by atoms with Crippen LogP contribution in [0.15, 0.2) is 24.3 Å². The Bertz CT molecular complexity index is 412. The van der Waals surface area contributed by atoms with Gasteiger partial charge < -0.3 is 15.8 Å². The van der Waals surface area contributed by atoms with Crippen molar-refractivity contribution >= 4 is 5.91 Å². The number of carbonyl (C=O) groups is 1. The van der Waals surface area contributed by atoms with E-state index in [-0.39, 0.29) is 5.91 Å². The van der Waals surface area contributed by atoms with E-state index in [1.54, 1.807) is 7.11 Å². The molecular weight excluding hydrogens is 216 g/mol. The Morgan fingerprint density at radius 2 is 2.12 bits per heavy atom. The standard InChI is InChI=1S/C13H18N2O2/c1-17-11-4-2-3-10(9-11)13(12(14)16)5-7-15-8-6-13/h2-4,9,15H,5-8H2,1H3,(H2,14,16). The normalized spacial score (nSPS) is 18.6. The summed E-state index contributed by atoms with van der Waals surface area (Å²) in [5.41, 5.74) is 6.04. The van der Waals surface area contributed by atoms with E-state index in [1.165, 1.54) is 0 Å². The summed E-state index contributed by atoms with van der Waals surface area (Å²) in [5.74, 6) is 0.522. The minimum atomic E-state index is -0.542.